The number of rotatable bonds is 5. The van der Waals surface area contributed by atoms with E-state index in [1.165, 1.54) is 19.4 Å². The Kier molecular flexibility index (Phi) is 5.20. The maximum absolute atomic E-state index is 12.6. The zero-order valence-corrected chi connectivity index (χ0v) is 15.1. The van der Waals surface area contributed by atoms with E-state index < -0.39 is 4.92 Å². The molecule has 2 heterocycles. The second kappa shape index (κ2) is 7.56. The first kappa shape index (κ1) is 18.6. The summed E-state index contributed by atoms with van der Waals surface area (Å²) in [5, 5.41) is 11.6. The van der Waals surface area contributed by atoms with Crippen molar-refractivity contribution in [2.24, 2.45) is 13.0 Å². The average molecular weight is 372 g/mol. The molecule has 1 unspecified atom stereocenters. The van der Waals surface area contributed by atoms with Crippen LogP contribution in [-0.2, 0) is 16.6 Å². The molecule has 9 heteroatoms. The predicted molar refractivity (Wildman–Crippen MR) is 96.7 cm³/mol. The van der Waals surface area contributed by atoms with Gasteiger partial charge in [-0.05, 0) is 25.0 Å². The molecule has 142 valence electrons. The summed E-state index contributed by atoms with van der Waals surface area (Å²) in [6.45, 7) is 0.946. The summed E-state index contributed by atoms with van der Waals surface area (Å²) in [4.78, 5) is 41.3. The van der Waals surface area contributed by atoms with Crippen LogP contribution in [0.3, 0.4) is 0 Å². The Morgan fingerprint density at radius 1 is 1.37 bits per heavy atom. The molecule has 2 aromatic rings. The van der Waals surface area contributed by atoms with Crippen LogP contribution in [0, 0.1) is 16.0 Å². The van der Waals surface area contributed by atoms with Gasteiger partial charge in [-0.2, -0.15) is 0 Å². The number of ether oxygens (including phenoxy) is 1. The topological polar surface area (TPSA) is 108 Å². The minimum absolute atomic E-state index is 0.166. The van der Waals surface area contributed by atoms with E-state index in [0.29, 0.717) is 25.2 Å². The van der Waals surface area contributed by atoms with Crippen molar-refractivity contribution < 1.29 is 19.2 Å². The number of methoxy groups -OCH3 is 1. The van der Waals surface area contributed by atoms with Crippen molar-refractivity contribution in [3.05, 3.63) is 52.1 Å². The normalized spacial score (nSPS) is 16.8. The van der Waals surface area contributed by atoms with Crippen molar-refractivity contribution in [2.45, 2.75) is 12.8 Å². The van der Waals surface area contributed by atoms with Gasteiger partial charge in [-0.15, -0.1) is 0 Å². The fraction of sp³-hybridized carbons (Fsp3) is 0.389. The van der Waals surface area contributed by atoms with Crippen molar-refractivity contribution in [1.29, 1.82) is 0 Å². The summed E-state index contributed by atoms with van der Waals surface area (Å²) < 4.78 is 6.36. The van der Waals surface area contributed by atoms with Gasteiger partial charge >= 0.3 is 5.97 Å². The van der Waals surface area contributed by atoms with E-state index in [0.717, 1.165) is 6.42 Å². The standard InChI is InChI=1S/C18H20N4O5/c1-20-9-7-19-17(20)16(23)12-5-6-14(15(10-12)22(25)26)21-8-3-4-13(11-21)18(24)27-2/h5-7,9-10,13H,3-4,8,11H2,1-2H3. The molecule has 3 rings (SSSR count). The van der Waals surface area contributed by atoms with Crippen LogP contribution in [0.15, 0.2) is 30.6 Å². The molecule has 0 spiro atoms. The molecule has 1 atom stereocenters. The molecule has 1 aromatic heterocycles. The number of aryl methyl sites for hydroxylation is 1. The van der Waals surface area contributed by atoms with Crippen LogP contribution < -0.4 is 4.90 Å². The molecule has 1 fully saturated rings. The Morgan fingerprint density at radius 2 is 2.15 bits per heavy atom. The predicted octanol–water partition coefficient (Wildman–Crippen LogP) is 1.95. The first-order chi connectivity index (χ1) is 12.9. The van der Waals surface area contributed by atoms with Crippen LogP contribution in [0.5, 0.6) is 0 Å². The number of benzene rings is 1. The molecule has 0 amide bonds. The maximum atomic E-state index is 12.6. The highest BCUT2D eigenvalue weighted by Crippen LogP contribution is 2.33. The summed E-state index contributed by atoms with van der Waals surface area (Å²) in [6.07, 6.45) is 4.55. The molecule has 9 nitrogen and oxygen atoms in total. The number of aromatic nitrogens is 2. The molecule has 1 aliphatic heterocycles. The zero-order chi connectivity index (χ0) is 19.6. The van der Waals surface area contributed by atoms with Crippen LogP contribution in [0.2, 0.25) is 0 Å². The Morgan fingerprint density at radius 3 is 2.78 bits per heavy atom. The van der Waals surface area contributed by atoms with Gasteiger partial charge in [-0.25, -0.2) is 4.98 Å². The molecule has 0 N–H and O–H groups in total. The molecule has 1 aliphatic rings. The van der Waals surface area contributed by atoms with Crippen LogP contribution in [0.1, 0.15) is 29.0 Å². The third-order valence-electron chi connectivity index (χ3n) is 4.76. The van der Waals surface area contributed by atoms with E-state index >= 15 is 0 Å². The number of nitro benzene ring substituents is 1. The Balaban J connectivity index is 1.93. The number of hydrogen-bond acceptors (Lipinski definition) is 7. The number of carbonyl (C=O) groups excluding carboxylic acids is 2. The Bertz CT molecular complexity index is 892. The largest absolute Gasteiger partial charge is 0.469 e. The number of hydrogen-bond donors (Lipinski definition) is 0. The minimum atomic E-state index is -0.508. The SMILES string of the molecule is COC(=O)C1CCCN(c2ccc(C(=O)c3nccn3C)cc2[N+](=O)[O-])C1. The van der Waals surface area contributed by atoms with Crippen LogP contribution >= 0.6 is 0 Å². The lowest BCUT2D eigenvalue weighted by molar-refractivity contribution is -0.384. The summed E-state index contributed by atoms with van der Waals surface area (Å²) in [5.41, 5.74) is 0.423. The summed E-state index contributed by atoms with van der Waals surface area (Å²) in [6, 6.07) is 4.39. The van der Waals surface area contributed by atoms with Gasteiger partial charge in [0.05, 0.1) is 18.0 Å². The van der Waals surface area contributed by atoms with Crippen molar-refractivity contribution in [2.75, 3.05) is 25.1 Å². The third-order valence-corrected chi connectivity index (χ3v) is 4.76. The van der Waals surface area contributed by atoms with E-state index in [-0.39, 0.29) is 34.7 Å². The van der Waals surface area contributed by atoms with Crippen molar-refractivity contribution >= 4 is 23.1 Å². The van der Waals surface area contributed by atoms with E-state index in [1.54, 1.807) is 34.8 Å². The number of carbonyl (C=O) groups is 2. The number of esters is 1. The highest BCUT2D eigenvalue weighted by atomic mass is 16.6. The Hall–Kier alpha value is -3.23. The average Bonchev–Trinajstić information content (AvgIpc) is 3.12. The minimum Gasteiger partial charge on any atom is -0.469 e. The van der Waals surface area contributed by atoms with E-state index in [2.05, 4.69) is 4.98 Å². The van der Waals surface area contributed by atoms with E-state index in [9.17, 15) is 19.7 Å². The first-order valence-corrected chi connectivity index (χ1v) is 8.55. The monoisotopic (exact) mass is 372 g/mol. The quantitative estimate of drug-likeness (QED) is 0.342. The highest BCUT2D eigenvalue weighted by molar-refractivity contribution is 6.07. The molecule has 0 saturated carbocycles. The summed E-state index contributed by atoms with van der Waals surface area (Å²) >= 11 is 0. The highest BCUT2D eigenvalue weighted by Gasteiger charge is 2.30. The Labute approximate surface area is 155 Å². The molecule has 0 radical (unpaired) electrons. The van der Waals surface area contributed by atoms with Crippen molar-refractivity contribution in [1.82, 2.24) is 9.55 Å². The van der Waals surface area contributed by atoms with E-state index in [1.807, 2.05) is 0 Å². The van der Waals surface area contributed by atoms with Gasteiger partial charge in [0, 0.05) is 44.2 Å². The molecule has 1 saturated heterocycles. The lowest BCUT2D eigenvalue weighted by Crippen LogP contribution is -2.39. The van der Waals surface area contributed by atoms with Gasteiger partial charge in [0.25, 0.3) is 5.69 Å². The van der Waals surface area contributed by atoms with Gasteiger partial charge in [0.2, 0.25) is 5.78 Å². The first-order valence-electron chi connectivity index (χ1n) is 8.55. The molecule has 27 heavy (non-hydrogen) atoms. The number of nitro groups is 1. The van der Waals surface area contributed by atoms with Crippen molar-refractivity contribution in [3.63, 3.8) is 0 Å². The number of anilines is 1. The van der Waals surface area contributed by atoms with Gasteiger partial charge in [-0.3, -0.25) is 19.7 Å². The summed E-state index contributed by atoms with van der Waals surface area (Å²) in [5.74, 6) is -0.815. The zero-order valence-electron chi connectivity index (χ0n) is 15.1. The van der Waals surface area contributed by atoms with E-state index in [4.69, 9.17) is 4.74 Å². The number of nitrogens with zero attached hydrogens (tertiary/aromatic N) is 4. The van der Waals surface area contributed by atoms with Gasteiger partial charge < -0.3 is 14.2 Å². The fourth-order valence-corrected chi connectivity index (χ4v) is 3.35. The van der Waals surface area contributed by atoms with Crippen LogP contribution in [-0.4, -0.2) is 46.4 Å². The molecule has 0 aliphatic carbocycles. The molecular weight excluding hydrogens is 352 g/mol. The maximum Gasteiger partial charge on any atom is 0.310 e. The van der Waals surface area contributed by atoms with Gasteiger partial charge in [0.1, 0.15) is 5.69 Å². The molecular formula is C18H20N4O5. The van der Waals surface area contributed by atoms with Crippen molar-refractivity contribution in [3.8, 4) is 0 Å². The van der Waals surface area contributed by atoms with Crippen LogP contribution in [0.25, 0.3) is 0 Å². The lowest BCUT2D eigenvalue weighted by atomic mass is 9.97. The number of piperidine rings is 1. The summed E-state index contributed by atoms with van der Waals surface area (Å²) in [7, 11) is 3.02. The molecule has 0 bridgehead atoms. The fourth-order valence-electron chi connectivity index (χ4n) is 3.35. The van der Waals surface area contributed by atoms with Gasteiger partial charge in [0.15, 0.2) is 5.82 Å². The second-order valence-electron chi connectivity index (χ2n) is 6.46. The van der Waals surface area contributed by atoms with Crippen LogP contribution in [0.4, 0.5) is 11.4 Å². The third kappa shape index (κ3) is 3.67. The number of ketones is 1. The van der Waals surface area contributed by atoms with Gasteiger partial charge in [-0.1, -0.05) is 0 Å². The smallest absolute Gasteiger partial charge is 0.310 e. The lowest BCUT2D eigenvalue weighted by Gasteiger charge is -2.32. The number of imidazole rings is 1. The second-order valence-corrected chi connectivity index (χ2v) is 6.46. The molecule has 1 aromatic carbocycles.